The summed E-state index contributed by atoms with van der Waals surface area (Å²) in [6.45, 7) is 0. The molecule has 0 saturated heterocycles. The van der Waals surface area contributed by atoms with Crippen LogP contribution < -0.4 is 10.9 Å². The van der Waals surface area contributed by atoms with Crippen LogP contribution in [-0.2, 0) is 6.42 Å². The van der Waals surface area contributed by atoms with Crippen LogP contribution in [0.3, 0.4) is 0 Å². The van der Waals surface area contributed by atoms with Crippen LogP contribution >= 0.6 is 11.3 Å². The lowest BCUT2D eigenvalue weighted by molar-refractivity contribution is 0.937. The summed E-state index contributed by atoms with van der Waals surface area (Å²) < 4.78 is 1.55. The Hall–Kier alpha value is -3.58. The fourth-order valence-electron chi connectivity index (χ4n) is 3.47. The lowest BCUT2D eigenvalue weighted by Crippen LogP contribution is -2.17. The molecule has 1 N–H and O–H groups in total. The zero-order valence-corrected chi connectivity index (χ0v) is 16.5. The van der Waals surface area contributed by atoms with E-state index in [-0.39, 0.29) is 5.56 Å². The zero-order chi connectivity index (χ0) is 19.8. The molecule has 1 aromatic carbocycles. The van der Waals surface area contributed by atoms with E-state index in [0.717, 1.165) is 39.0 Å². The van der Waals surface area contributed by atoms with Crippen molar-refractivity contribution in [1.29, 1.82) is 0 Å². The maximum atomic E-state index is 12.2. The molecule has 3 heterocycles. The Labute approximate surface area is 171 Å². The van der Waals surface area contributed by atoms with E-state index >= 15 is 0 Å². The smallest absolute Gasteiger partial charge is 0.256 e. The van der Waals surface area contributed by atoms with Gasteiger partial charge in [-0.1, -0.05) is 41.7 Å². The molecule has 7 heteroatoms. The van der Waals surface area contributed by atoms with E-state index in [4.69, 9.17) is 4.98 Å². The highest BCUT2D eigenvalue weighted by Gasteiger charge is 2.19. The van der Waals surface area contributed by atoms with E-state index in [2.05, 4.69) is 39.8 Å². The lowest BCUT2D eigenvalue weighted by atomic mass is 10.0. The molecule has 0 atom stereocenters. The molecule has 1 aliphatic rings. The monoisotopic (exact) mass is 399 g/mol. The molecule has 1 aliphatic carbocycles. The largest absolute Gasteiger partial charge is 0.363 e. The molecular weight excluding hydrogens is 382 g/mol. The second kappa shape index (κ2) is 7.10. The first kappa shape index (κ1) is 17.5. The van der Waals surface area contributed by atoms with Crippen molar-refractivity contribution in [1.82, 2.24) is 19.7 Å². The first-order chi connectivity index (χ1) is 14.2. The first-order valence-electron chi connectivity index (χ1n) is 9.23. The lowest BCUT2D eigenvalue weighted by Gasteiger charge is -2.10. The van der Waals surface area contributed by atoms with Gasteiger partial charge in [0.1, 0.15) is 10.8 Å². The van der Waals surface area contributed by atoms with Gasteiger partial charge in [-0.2, -0.15) is 0 Å². The third-order valence-electron chi connectivity index (χ3n) is 4.89. The topological polar surface area (TPSA) is 72.7 Å². The second-order valence-corrected chi connectivity index (χ2v) is 7.62. The van der Waals surface area contributed by atoms with Gasteiger partial charge in [-0.25, -0.2) is 4.98 Å². The number of allylic oxidation sites excluding steroid dienone is 1. The predicted molar refractivity (Wildman–Crippen MR) is 116 cm³/mol. The fourth-order valence-corrected chi connectivity index (χ4v) is 4.16. The van der Waals surface area contributed by atoms with Gasteiger partial charge in [0.25, 0.3) is 5.56 Å². The third kappa shape index (κ3) is 3.15. The number of nitrogens with zero attached hydrogens (tertiary/aromatic N) is 4. The molecule has 6 nitrogen and oxygen atoms in total. The van der Waals surface area contributed by atoms with Crippen molar-refractivity contribution in [2.45, 2.75) is 6.42 Å². The Balaban J connectivity index is 1.55. The number of nitrogens with one attached hydrogen (secondary N) is 1. The van der Waals surface area contributed by atoms with E-state index in [1.54, 1.807) is 16.8 Å². The second-order valence-electron chi connectivity index (χ2n) is 6.65. The summed E-state index contributed by atoms with van der Waals surface area (Å²) in [6.07, 6.45) is 4.78. The van der Waals surface area contributed by atoms with Crippen LogP contribution in [0, 0.1) is 0 Å². The molecule has 0 radical (unpaired) electrons. The molecule has 0 fully saturated rings. The van der Waals surface area contributed by atoms with Crippen LogP contribution in [0.1, 0.15) is 16.8 Å². The molecule has 3 aromatic heterocycles. The van der Waals surface area contributed by atoms with Crippen LogP contribution in [0.5, 0.6) is 0 Å². The van der Waals surface area contributed by atoms with Gasteiger partial charge in [0.2, 0.25) is 5.13 Å². The summed E-state index contributed by atoms with van der Waals surface area (Å²) in [5, 5.41) is 13.1. The van der Waals surface area contributed by atoms with Crippen LogP contribution in [0.2, 0.25) is 0 Å². The fraction of sp³-hybridized carbons (Fsp3) is 0.0909. The summed E-state index contributed by atoms with van der Waals surface area (Å²) >= 11 is 1.52. The van der Waals surface area contributed by atoms with Crippen molar-refractivity contribution >= 4 is 22.0 Å². The molecule has 0 spiro atoms. The van der Waals surface area contributed by atoms with Gasteiger partial charge in [-0.05, 0) is 41.8 Å². The van der Waals surface area contributed by atoms with Gasteiger partial charge >= 0.3 is 0 Å². The summed E-state index contributed by atoms with van der Waals surface area (Å²) in [6, 6.07) is 17.2. The van der Waals surface area contributed by atoms with Crippen molar-refractivity contribution < 1.29 is 0 Å². The average Bonchev–Trinajstić information content (AvgIpc) is 3.41. The van der Waals surface area contributed by atoms with Crippen molar-refractivity contribution in [3.8, 4) is 16.4 Å². The highest BCUT2D eigenvalue weighted by molar-refractivity contribution is 7.18. The Morgan fingerprint density at radius 3 is 2.83 bits per heavy atom. The van der Waals surface area contributed by atoms with Gasteiger partial charge in [0, 0.05) is 30.4 Å². The van der Waals surface area contributed by atoms with E-state index in [1.165, 1.54) is 23.0 Å². The Morgan fingerprint density at radius 1 is 1.07 bits per heavy atom. The maximum absolute atomic E-state index is 12.2. The highest BCUT2D eigenvalue weighted by Crippen LogP contribution is 2.36. The summed E-state index contributed by atoms with van der Waals surface area (Å²) in [7, 11) is 1.84. The van der Waals surface area contributed by atoms with E-state index in [0.29, 0.717) is 5.82 Å². The van der Waals surface area contributed by atoms with Crippen LogP contribution in [-0.4, -0.2) is 26.8 Å². The van der Waals surface area contributed by atoms with Gasteiger partial charge in [0.15, 0.2) is 0 Å². The van der Waals surface area contributed by atoms with E-state index < -0.39 is 0 Å². The number of pyridine rings is 2. The van der Waals surface area contributed by atoms with Crippen molar-refractivity contribution in [3.05, 3.63) is 94.0 Å². The van der Waals surface area contributed by atoms with Crippen LogP contribution in [0.4, 0.5) is 5.13 Å². The van der Waals surface area contributed by atoms with Crippen molar-refractivity contribution in [2.24, 2.45) is 0 Å². The van der Waals surface area contributed by atoms with Crippen LogP contribution in [0.25, 0.3) is 22.0 Å². The minimum absolute atomic E-state index is 0.100. The quantitative estimate of drug-likeness (QED) is 0.565. The minimum atomic E-state index is -0.100. The Kier molecular flexibility index (Phi) is 4.29. The molecule has 0 unspecified atom stereocenters. The van der Waals surface area contributed by atoms with Gasteiger partial charge in [0.05, 0.1) is 5.69 Å². The molecule has 29 heavy (non-hydrogen) atoms. The normalized spacial score (nSPS) is 12.5. The summed E-state index contributed by atoms with van der Waals surface area (Å²) in [5.74, 6) is 0.612. The molecule has 0 saturated carbocycles. The Morgan fingerprint density at radius 2 is 2.00 bits per heavy atom. The van der Waals surface area contributed by atoms with Gasteiger partial charge in [-0.15, -0.1) is 10.2 Å². The van der Waals surface area contributed by atoms with Crippen molar-refractivity contribution in [3.63, 3.8) is 0 Å². The number of hydrogen-bond acceptors (Lipinski definition) is 6. The molecule has 0 amide bonds. The molecule has 4 aromatic rings. The zero-order valence-electron chi connectivity index (χ0n) is 15.7. The summed E-state index contributed by atoms with van der Waals surface area (Å²) in [4.78, 5) is 16.9. The van der Waals surface area contributed by atoms with E-state index in [9.17, 15) is 4.79 Å². The predicted octanol–water partition coefficient (Wildman–Crippen LogP) is 3.78. The molecular formula is C22H17N5OS. The third-order valence-corrected chi connectivity index (χ3v) is 5.88. The number of aromatic nitrogens is 4. The number of anilines is 1. The summed E-state index contributed by atoms with van der Waals surface area (Å²) in [5.41, 5.74) is 5.26. The molecule has 0 aliphatic heterocycles. The highest BCUT2D eigenvalue weighted by atomic mass is 32.1. The van der Waals surface area contributed by atoms with Gasteiger partial charge < -0.3 is 5.32 Å². The first-order valence-corrected chi connectivity index (χ1v) is 10.0. The maximum Gasteiger partial charge on any atom is 0.256 e. The molecule has 5 rings (SSSR count). The standard InChI is InChI=1S/C22H17N5OS/c1-23-22-26-25-21(29-22)15-9-8-14-10-11-16(17(14)13-15)18-5-4-6-19(24-18)27-12-3-2-7-20(27)28/h2-9,11-13H,10H2,1H3,(H,23,26). The molecule has 142 valence electrons. The van der Waals surface area contributed by atoms with E-state index in [1.807, 2.05) is 31.3 Å². The number of fused-ring (bicyclic) bond motifs is 1. The van der Waals surface area contributed by atoms with Gasteiger partial charge in [-0.3, -0.25) is 9.36 Å². The van der Waals surface area contributed by atoms with Crippen molar-refractivity contribution in [2.75, 3.05) is 12.4 Å². The van der Waals surface area contributed by atoms with Crippen LogP contribution in [0.15, 0.2) is 71.7 Å². The minimum Gasteiger partial charge on any atom is -0.363 e. The SMILES string of the molecule is CNc1nnc(-c2ccc3c(c2)C(c2cccc(-n4ccccc4=O)n2)=CC3)s1. The Bertz CT molecular complexity index is 1300. The molecule has 0 bridgehead atoms. The average molecular weight is 399 g/mol. The number of rotatable bonds is 4. The number of benzene rings is 1. The number of hydrogen-bond donors (Lipinski definition) is 1.